The van der Waals surface area contributed by atoms with Crippen molar-refractivity contribution in [3.8, 4) is 23.7 Å². The van der Waals surface area contributed by atoms with E-state index in [0.717, 1.165) is 25.7 Å². The van der Waals surface area contributed by atoms with Gasteiger partial charge in [-0.2, -0.15) is 0 Å². The van der Waals surface area contributed by atoms with Crippen LogP contribution in [-0.4, -0.2) is 59.8 Å². The van der Waals surface area contributed by atoms with Crippen molar-refractivity contribution in [1.82, 2.24) is 19.5 Å². The predicted molar refractivity (Wildman–Crippen MR) is 97.1 cm³/mol. The van der Waals surface area contributed by atoms with Crippen LogP contribution in [-0.2, 0) is 4.74 Å². The molecule has 27 heavy (non-hydrogen) atoms. The minimum atomic E-state index is -1.21. The molecule has 1 fully saturated rings. The monoisotopic (exact) mass is 370 g/mol. The maximum Gasteiger partial charge on any atom is 0.166 e. The van der Waals surface area contributed by atoms with E-state index in [1.54, 1.807) is 0 Å². The number of fused-ring (bicyclic) bond motifs is 1. The van der Waals surface area contributed by atoms with Crippen LogP contribution in [0.25, 0.3) is 11.2 Å². The van der Waals surface area contributed by atoms with Crippen molar-refractivity contribution >= 4 is 11.2 Å². The lowest BCUT2D eigenvalue weighted by atomic mass is 10.1. The number of unbranched alkanes of at least 4 members (excludes halogenated alkanes) is 3. The fraction of sp³-hybridized carbons (Fsp3) is 0.526. The summed E-state index contributed by atoms with van der Waals surface area (Å²) in [5.41, 5.74) is 1.30. The van der Waals surface area contributed by atoms with Gasteiger partial charge in [0.2, 0.25) is 0 Å². The van der Waals surface area contributed by atoms with Gasteiger partial charge in [0.05, 0.1) is 12.9 Å². The third-order valence-corrected chi connectivity index (χ3v) is 4.39. The highest BCUT2D eigenvalue weighted by atomic mass is 16.6. The number of aliphatic hydroxyl groups is 3. The van der Waals surface area contributed by atoms with Crippen molar-refractivity contribution in [2.24, 2.45) is 0 Å². The highest BCUT2D eigenvalue weighted by Gasteiger charge is 2.43. The molecular formula is C19H22N4O4. The van der Waals surface area contributed by atoms with Crippen molar-refractivity contribution in [1.29, 1.82) is 0 Å². The molecule has 4 atom stereocenters. The van der Waals surface area contributed by atoms with E-state index >= 15 is 0 Å². The smallest absolute Gasteiger partial charge is 0.166 e. The Balaban J connectivity index is 1.82. The van der Waals surface area contributed by atoms with Gasteiger partial charge in [0.15, 0.2) is 11.9 Å². The summed E-state index contributed by atoms with van der Waals surface area (Å²) >= 11 is 0. The Labute approximate surface area is 157 Å². The van der Waals surface area contributed by atoms with Gasteiger partial charge in [-0.05, 0) is 24.2 Å². The highest BCUT2D eigenvalue weighted by Crippen LogP contribution is 2.31. The zero-order valence-electron chi connectivity index (χ0n) is 15.0. The summed E-state index contributed by atoms with van der Waals surface area (Å²) < 4.78 is 7.03. The Hall–Kier alpha value is -2.49. The van der Waals surface area contributed by atoms with Crippen molar-refractivity contribution in [2.45, 2.75) is 57.1 Å². The molecule has 0 amide bonds. The van der Waals surface area contributed by atoms with Crippen LogP contribution in [0.2, 0.25) is 0 Å². The zero-order chi connectivity index (χ0) is 19.2. The van der Waals surface area contributed by atoms with Crippen LogP contribution >= 0.6 is 0 Å². The maximum absolute atomic E-state index is 10.2. The molecule has 1 aliphatic rings. The molecule has 3 rings (SSSR count). The molecule has 0 aliphatic carbocycles. The van der Waals surface area contributed by atoms with Crippen LogP contribution in [0.15, 0.2) is 12.7 Å². The lowest BCUT2D eigenvalue weighted by Gasteiger charge is -2.16. The van der Waals surface area contributed by atoms with Crippen molar-refractivity contribution in [3.63, 3.8) is 0 Å². The Morgan fingerprint density at radius 1 is 1.15 bits per heavy atom. The van der Waals surface area contributed by atoms with Gasteiger partial charge in [0.1, 0.15) is 35.8 Å². The van der Waals surface area contributed by atoms with Crippen molar-refractivity contribution in [3.05, 3.63) is 18.3 Å². The van der Waals surface area contributed by atoms with Gasteiger partial charge in [-0.25, -0.2) is 15.0 Å². The number of ether oxygens (including phenoxy) is 1. The van der Waals surface area contributed by atoms with E-state index in [2.05, 4.69) is 45.6 Å². The predicted octanol–water partition coefficient (Wildman–Crippen LogP) is 0.373. The highest BCUT2D eigenvalue weighted by molar-refractivity contribution is 5.76. The normalized spacial score (nSPS) is 24.3. The van der Waals surface area contributed by atoms with Gasteiger partial charge in [-0.1, -0.05) is 25.7 Å². The minimum absolute atomic E-state index is 0.399. The van der Waals surface area contributed by atoms with Gasteiger partial charge in [0, 0.05) is 6.42 Å². The molecule has 0 spiro atoms. The van der Waals surface area contributed by atoms with Crippen molar-refractivity contribution < 1.29 is 20.1 Å². The molecule has 3 N–H and O–H groups in total. The van der Waals surface area contributed by atoms with E-state index in [1.807, 2.05) is 0 Å². The Kier molecular flexibility index (Phi) is 6.38. The van der Waals surface area contributed by atoms with Crippen LogP contribution in [0.5, 0.6) is 0 Å². The Bertz CT molecular complexity index is 905. The Morgan fingerprint density at radius 2 is 2.00 bits per heavy atom. The van der Waals surface area contributed by atoms with Crippen LogP contribution in [0.4, 0.5) is 0 Å². The number of hydrogen-bond acceptors (Lipinski definition) is 7. The lowest BCUT2D eigenvalue weighted by Crippen LogP contribution is -2.33. The molecule has 2 aromatic rings. The van der Waals surface area contributed by atoms with E-state index < -0.39 is 31.1 Å². The SMILES string of the molecule is CCCCCC#CC#Cc1ncnc2c1ncn2[C@@H]1O[C@H](CO)[C@@H](O)[C@H]1O. The molecule has 8 nitrogen and oxygen atoms in total. The first-order valence-electron chi connectivity index (χ1n) is 8.96. The van der Waals surface area contributed by atoms with E-state index in [4.69, 9.17) is 4.74 Å². The first kappa shape index (κ1) is 19.3. The third kappa shape index (κ3) is 4.10. The van der Waals surface area contributed by atoms with Crippen LogP contribution < -0.4 is 0 Å². The third-order valence-electron chi connectivity index (χ3n) is 4.39. The lowest BCUT2D eigenvalue weighted by molar-refractivity contribution is -0.0511. The molecule has 142 valence electrons. The number of imidazole rings is 1. The van der Waals surface area contributed by atoms with Gasteiger partial charge in [0.25, 0.3) is 0 Å². The van der Waals surface area contributed by atoms with E-state index in [-0.39, 0.29) is 0 Å². The van der Waals surface area contributed by atoms with Crippen LogP contribution in [0.3, 0.4) is 0 Å². The Morgan fingerprint density at radius 3 is 2.74 bits per heavy atom. The molecule has 8 heteroatoms. The first-order valence-corrected chi connectivity index (χ1v) is 8.96. The van der Waals surface area contributed by atoms with Crippen LogP contribution in [0, 0.1) is 23.7 Å². The zero-order valence-corrected chi connectivity index (χ0v) is 15.0. The standard InChI is InChI=1S/C19H22N4O4/c1-2-3-4-5-6-7-8-9-13-15-18(21-11-20-13)23(12-22-15)19-17(26)16(25)14(10-24)27-19/h11-12,14,16-17,19,24-26H,2-5,10H2,1H3/t14-,16-,17-,19-/m1/s1. The molecule has 0 saturated carbocycles. The van der Waals surface area contributed by atoms with Crippen molar-refractivity contribution in [2.75, 3.05) is 6.61 Å². The van der Waals surface area contributed by atoms with Gasteiger partial charge in [-0.15, -0.1) is 0 Å². The number of aromatic nitrogens is 4. The largest absolute Gasteiger partial charge is 0.394 e. The summed E-state index contributed by atoms with van der Waals surface area (Å²) in [4.78, 5) is 12.6. The van der Waals surface area contributed by atoms with E-state index in [1.165, 1.54) is 17.2 Å². The molecule has 0 aromatic carbocycles. The van der Waals surface area contributed by atoms with Gasteiger partial charge < -0.3 is 20.1 Å². The molecule has 1 aliphatic heterocycles. The van der Waals surface area contributed by atoms with Gasteiger partial charge >= 0.3 is 0 Å². The quantitative estimate of drug-likeness (QED) is 0.515. The number of aliphatic hydroxyl groups excluding tert-OH is 3. The average molecular weight is 370 g/mol. The summed E-state index contributed by atoms with van der Waals surface area (Å²) in [5.74, 6) is 11.5. The fourth-order valence-corrected chi connectivity index (χ4v) is 2.90. The second-order valence-electron chi connectivity index (χ2n) is 6.28. The first-order chi connectivity index (χ1) is 13.2. The summed E-state index contributed by atoms with van der Waals surface area (Å²) in [7, 11) is 0. The minimum Gasteiger partial charge on any atom is -0.394 e. The second-order valence-corrected chi connectivity index (χ2v) is 6.28. The summed E-state index contributed by atoms with van der Waals surface area (Å²) in [6, 6.07) is 0. The molecule has 2 aromatic heterocycles. The van der Waals surface area contributed by atoms with E-state index in [0.29, 0.717) is 16.9 Å². The summed E-state index contributed by atoms with van der Waals surface area (Å²) in [6.07, 6.45) is 2.82. The number of rotatable bonds is 5. The molecule has 0 bridgehead atoms. The summed E-state index contributed by atoms with van der Waals surface area (Å²) in [6.45, 7) is 1.75. The van der Waals surface area contributed by atoms with E-state index in [9.17, 15) is 15.3 Å². The fourth-order valence-electron chi connectivity index (χ4n) is 2.90. The number of hydrogen-bond donors (Lipinski definition) is 3. The molecule has 0 unspecified atom stereocenters. The van der Waals surface area contributed by atoms with Gasteiger partial charge in [-0.3, -0.25) is 4.57 Å². The second kappa shape index (κ2) is 8.94. The topological polar surface area (TPSA) is 114 Å². The number of nitrogens with zero attached hydrogens (tertiary/aromatic N) is 4. The average Bonchev–Trinajstić information content (AvgIpc) is 3.23. The molecule has 1 saturated heterocycles. The maximum atomic E-state index is 10.2. The summed E-state index contributed by atoms with van der Waals surface area (Å²) in [5, 5.41) is 29.4. The molecule has 0 radical (unpaired) electrons. The molecule has 3 heterocycles. The molecular weight excluding hydrogens is 348 g/mol. The van der Waals surface area contributed by atoms with Crippen LogP contribution in [0.1, 0.15) is 44.5 Å².